The number of amides is 1. The molecule has 0 fully saturated rings. The normalized spacial score (nSPS) is 11.1. The largest absolute Gasteiger partial charge is 0.508 e. The zero-order valence-electron chi connectivity index (χ0n) is 17.8. The maximum atomic E-state index is 13.4. The molecule has 0 radical (unpaired) electrons. The molecule has 0 bridgehead atoms. The number of phenolic OH excluding ortho intramolecular Hbond substituents is 1. The lowest BCUT2D eigenvalue weighted by molar-refractivity contribution is 0.102. The van der Waals surface area contributed by atoms with Gasteiger partial charge < -0.3 is 20.9 Å². The van der Waals surface area contributed by atoms with Gasteiger partial charge in [-0.25, -0.2) is 9.97 Å². The number of para-hydroxylation sites is 2. The molecule has 8 heteroatoms. The van der Waals surface area contributed by atoms with Crippen molar-refractivity contribution in [2.75, 3.05) is 17.7 Å². The van der Waals surface area contributed by atoms with Gasteiger partial charge in [0.15, 0.2) is 5.65 Å². The van der Waals surface area contributed by atoms with Crippen molar-refractivity contribution in [3.63, 3.8) is 0 Å². The third-order valence-electron chi connectivity index (χ3n) is 5.26. The van der Waals surface area contributed by atoms with Gasteiger partial charge in [0.05, 0.1) is 17.6 Å². The third kappa shape index (κ3) is 3.67. The fourth-order valence-corrected chi connectivity index (χ4v) is 3.74. The quantitative estimate of drug-likeness (QED) is 0.371. The average Bonchev–Trinajstić information content (AvgIpc) is 3.10. The molecule has 4 N–H and O–H groups in total. The van der Waals surface area contributed by atoms with Crippen LogP contribution in [0.4, 0.5) is 11.5 Å². The van der Waals surface area contributed by atoms with E-state index in [1.807, 2.05) is 31.2 Å². The third-order valence-corrected chi connectivity index (χ3v) is 5.26. The number of hydrogen-bond acceptors (Lipinski definition) is 6. The Bertz CT molecular complexity index is 1470. The molecule has 0 spiro atoms. The number of rotatable bonds is 5. The van der Waals surface area contributed by atoms with E-state index >= 15 is 0 Å². The highest BCUT2D eigenvalue weighted by atomic mass is 16.5. The summed E-state index contributed by atoms with van der Waals surface area (Å²) in [5.41, 5.74) is 10.2. The van der Waals surface area contributed by atoms with E-state index in [2.05, 4.69) is 5.32 Å². The molecule has 2 heterocycles. The molecule has 3 aromatic carbocycles. The zero-order chi connectivity index (χ0) is 22.9. The second-order valence-corrected chi connectivity index (χ2v) is 7.41. The molecular weight excluding hydrogens is 418 g/mol. The highest BCUT2D eigenvalue weighted by Gasteiger charge is 2.25. The lowest BCUT2D eigenvalue weighted by atomic mass is 10.2. The van der Waals surface area contributed by atoms with E-state index in [4.69, 9.17) is 20.4 Å². The molecule has 8 nitrogen and oxygen atoms in total. The van der Waals surface area contributed by atoms with Crippen LogP contribution in [0.5, 0.6) is 11.5 Å². The Kier molecular flexibility index (Phi) is 5.02. The lowest BCUT2D eigenvalue weighted by Gasteiger charge is -2.09. The van der Waals surface area contributed by atoms with E-state index in [0.29, 0.717) is 40.2 Å². The lowest BCUT2D eigenvalue weighted by Crippen LogP contribution is -2.14. The number of phenols is 1. The molecule has 0 unspecified atom stereocenters. The number of aromatic hydroxyl groups is 1. The van der Waals surface area contributed by atoms with Crippen LogP contribution in [0, 0.1) is 0 Å². The van der Waals surface area contributed by atoms with Gasteiger partial charge in [-0.15, -0.1) is 0 Å². The molecular formula is C25H21N5O3. The number of aromatic nitrogens is 3. The van der Waals surface area contributed by atoms with Crippen LogP contribution in [0.1, 0.15) is 17.3 Å². The summed E-state index contributed by atoms with van der Waals surface area (Å²) >= 11 is 0. The maximum absolute atomic E-state index is 13.4. The Morgan fingerprint density at radius 2 is 1.67 bits per heavy atom. The van der Waals surface area contributed by atoms with Gasteiger partial charge in [0, 0.05) is 11.4 Å². The minimum atomic E-state index is -0.399. The number of hydrogen-bond donors (Lipinski definition) is 3. The first kappa shape index (κ1) is 20.3. The number of anilines is 2. The Morgan fingerprint density at radius 1 is 1.00 bits per heavy atom. The number of ether oxygens (including phenoxy) is 1. The fourth-order valence-electron chi connectivity index (χ4n) is 3.74. The van der Waals surface area contributed by atoms with Crippen molar-refractivity contribution < 1.29 is 14.6 Å². The van der Waals surface area contributed by atoms with E-state index in [0.717, 1.165) is 5.75 Å². The van der Waals surface area contributed by atoms with Crippen molar-refractivity contribution in [1.29, 1.82) is 0 Å². The number of nitrogens with two attached hydrogens (primary N) is 1. The summed E-state index contributed by atoms with van der Waals surface area (Å²) in [4.78, 5) is 22.8. The van der Waals surface area contributed by atoms with Gasteiger partial charge >= 0.3 is 0 Å². The van der Waals surface area contributed by atoms with Crippen molar-refractivity contribution in [3.05, 3.63) is 78.4 Å². The van der Waals surface area contributed by atoms with E-state index in [9.17, 15) is 9.90 Å². The predicted octanol–water partition coefficient (Wildman–Crippen LogP) is 4.51. The number of fused-ring (bicyclic) bond motifs is 2. The van der Waals surface area contributed by atoms with Crippen molar-refractivity contribution in [2.24, 2.45) is 0 Å². The zero-order valence-corrected chi connectivity index (χ0v) is 17.8. The van der Waals surface area contributed by atoms with Gasteiger partial charge in [-0.05, 0) is 67.6 Å². The highest BCUT2D eigenvalue weighted by molar-refractivity contribution is 6.16. The Labute approximate surface area is 189 Å². The summed E-state index contributed by atoms with van der Waals surface area (Å²) in [5.74, 6) is 0.647. The van der Waals surface area contributed by atoms with E-state index < -0.39 is 5.91 Å². The van der Waals surface area contributed by atoms with Crippen LogP contribution in [0.3, 0.4) is 0 Å². The van der Waals surface area contributed by atoms with Gasteiger partial charge in [0.1, 0.15) is 28.4 Å². The second-order valence-electron chi connectivity index (χ2n) is 7.41. The summed E-state index contributed by atoms with van der Waals surface area (Å²) in [7, 11) is 0. The van der Waals surface area contributed by atoms with Crippen molar-refractivity contribution in [2.45, 2.75) is 6.92 Å². The molecule has 0 aliphatic carbocycles. The minimum absolute atomic E-state index is 0.124. The molecule has 0 aliphatic heterocycles. The molecule has 5 aromatic rings. The summed E-state index contributed by atoms with van der Waals surface area (Å²) in [5, 5.41) is 12.6. The van der Waals surface area contributed by atoms with Crippen LogP contribution in [-0.4, -0.2) is 32.2 Å². The summed E-state index contributed by atoms with van der Waals surface area (Å²) < 4.78 is 7.12. The first-order valence-corrected chi connectivity index (χ1v) is 10.5. The molecule has 0 saturated heterocycles. The Balaban J connectivity index is 1.65. The molecule has 0 atom stereocenters. The monoisotopic (exact) mass is 439 g/mol. The highest BCUT2D eigenvalue weighted by Crippen LogP contribution is 2.32. The van der Waals surface area contributed by atoms with Gasteiger partial charge in [-0.2, -0.15) is 0 Å². The predicted molar refractivity (Wildman–Crippen MR) is 128 cm³/mol. The van der Waals surface area contributed by atoms with Crippen LogP contribution in [-0.2, 0) is 0 Å². The molecule has 5 rings (SSSR count). The van der Waals surface area contributed by atoms with Crippen LogP contribution >= 0.6 is 0 Å². The average molecular weight is 439 g/mol. The fraction of sp³-hybridized carbons (Fsp3) is 0.0800. The van der Waals surface area contributed by atoms with Crippen molar-refractivity contribution in [3.8, 4) is 17.2 Å². The molecule has 2 aromatic heterocycles. The maximum Gasteiger partial charge on any atom is 0.261 e. The molecule has 0 aliphatic rings. The molecule has 1 amide bonds. The van der Waals surface area contributed by atoms with Gasteiger partial charge in [-0.3, -0.25) is 9.36 Å². The number of nitrogen functional groups attached to an aromatic ring is 1. The number of benzene rings is 3. The number of carbonyl (C=O) groups is 1. The first-order valence-electron chi connectivity index (χ1n) is 10.5. The van der Waals surface area contributed by atoms with Crippen LogP contribution < -0.4 is 15.8 Å². The van der Waals surface area contributed by atoms with Crippen LogP contribution in [0.2, 0.25) is 0 Å². The van der Waals surface area contributed by atoms with Crippen LogP contribution in [0.15, 0.2) is 72.8 Å². The second kappa shape index (κ2) is 8.16. The summed E-state index contributed by atoms with van der Waals surface area (Å²) in [6.07, 6.45) is 0. The Morgan fingerprint density at radius 3 is 2.33 bits per heavy atom. The summed E-state index contributed by atoms with van der Waals surface area (Å²) in [6, 6.07) is 21.0. The minimum Gasteiger partial charge on any atom is -0.508 e. The first-order chi connectivity index (χ1) is 16.0. The standard InChI is InChI=1S/C25H21N5O3/c1-2-33-18-13-7-15(8-14-18)27-25(32)21-22-24(29-20-6-4-3-5-19(20)28-22)30(23(21)26)16-9-11-17(31)12-10-16/h3-14,31H,2,26H2,1H3,(H,27,32). The smallest absolute Gasteiger partial charge is 0.261 e. The summed E-state index contributed by atoms with van der Waals surface area (Å²) in [6.45, 7) is 2.47. The van der Waals surface area contributed by atoms with Crippen molar-refractivity contribution in [1.82, 2.24) is 14.5 Å². The number of nitrogens with zero attached hydrogens (tertiary/aromatic N) is 3. The van der Waals surface area contributed by atoms with Gasteiger partial charge in [-0.1, -0.05) is 12.1 Å². The molecule has 0 saturated carbocycles. The van der Waals surface area contributed by atoms with Crippen molar-refractivity contribution >= 4 is 39.6 Å². The SMILES string of the molecule is CCOc1ccc(NC(=O)c2c(N)n(-c3ccc(O)cc3)c3nc4ccccc4nc23)cc1. The number of nitrogens with one attached hydrogen (secondary N) is 1. The molecule has 33 heavy (non-hydrogen) atoms. The van der Waals surface area contributed by atoms with Gasteiger partial charge in [0.25, 0.3) is 5.91 Å². The number of carbonyl (C=O) groups excluding carboxylic acids is 1. The van der Waals surface area contributed by atoms with E-state index in [-0.39, 0.29) is 17.1 Å². The molecule has 164 valence electrons. The Hall–Kier alpha value is -4.59. The van der Waals surface area contributed by atoms with Crippen LogP contribution in [0.25, 0.3) is 27.9 Å². The van der Waals surface area contributed by atoms with Gasteiger partial charge in [0.2, 0.25) is 0 Å². The van der Waals surface area contributed by atoms with E-state index in [1.54, 1.807) is 53.1 Å². The van der Waals surface area contributed by atoms with E-state index in [1.165, 1.54) is 0 Å². The topological polar surface area (TPSA) is 115 Å².